The zero-order chi connectivity index (χ0) is 18.8. The highest BCUT2D eigenvalue weighted by atomic mass is 35.5. The van der Waals surface area contributed by atoms with E-state index >= 15 is 0 Å². The monoisotopic (exact) mass is 386 g/mol. The number of furan rings is 1. The van der Waals surface area contributed by atoms with E-state index in [0.29, 0.717) is 30.2 Å². The van der Waals surface area contributed by atoms with Crippen LogP contribution in [0.1, 0.15) is 19.1 Å². The Morgan fingerprint density at radius 2 is 2.22 bits per heavy atom. The number of ether oxygens (including phenoxy) is 1. The number of carbonyl (C=O) groups is 1. The smallest absolute Gasteiger partial charge is 0.225 e. The number of carbonyl (C=O) groups excluding carboxylic acids is 1. The average Bonchev–Trinajstić information content (AvgIpc) is 3.28. The summed E-state index contributed by atoms with van der Waals surface area (Å²) in [4.78, 5) is 20.3. The normalized spacial score (nSPS) is 19.3. The molecule has 2 atom stereocenters. The molecule has 140 valence electrons. The van der Waals surface area contributed by atoms with Crippen LogP contribution in [0.3, 0.4) is 0 Å². The van der Waals surface area contributed by atoms with Gasteiger partial charge in [-0.15, -0.1) is 0 Å². The molecule has 8 heteroatoms. The van der Waals surface area contributed by atoms with Crippen LogP contribution in [0.5, 0.6) is 5.75 Å². The third kappa shape index (κ3) is 3.83. The molecular formula is C19H19ClN4O3. The molecule has 1 amide bonds. The van der Waals surface area contributed by atoms with E-state index in [-0.39, 0.29) is 23.2 Å². The second-order valence-electron chi connectivity index (χ2n) is 6.58. The summed E-state index contributed by atoms with van der Waals surface area (Å²) in [5, 5.41) is 7.09. The number of amides is 1. The van der Waals surface area contributed by atoms with E-state index in [4.69, 9.17) is 20.8 Å². The molecule has 1 fully saturated rings. The zero-order valence-electron chi connectivity index (χ0n) is 14.7. The summed E-state index contributed by atoms with van der Waals surface area (Å²) in [6.45, 7) is 2.77. The molecule has 7 nitrogen and oxygen atoms in total. The number of aromatic nitrogens is 2. The standard InChI is InChI=1S/C19H19ClN4O3/c1-11-8-12(22-18(11)25)10-27-15-6-2-5-14-16(15)23-19(20)24-17(14)21-9-13-4-3-7-26-13/h2-7,11-12H,8-10H2,1H3,(H,22,25)(H,21,23,24)/t11-,12+/m0/s1. The minimum Gasteiger partial charge on any atom is -0.489 e. The molecule has 2 N–H and O–H groups in total. The Morgan fingerprint density at radius 3 is 2.96 bits per heavy atom. The summed E-state index contributed by atoms with van der Waals surface area (Å²) >= 11 is 6.12. The Balaban J connectivity index is 1.56. The molecule has 0 aliphatic carbocycles. The second kappa shape index (κ2) is 7.44. The molecule has 0 spiro atoms. The van der Waals surface area contributed by atoms with Crippen molar-refractivity contribution < 1.29 is 13.9 Å². The molecule has 1 aliphatic rings. The predicted molar refractivity (Wildman–Crippen MR) is 102 cm³/mol. The van der Waals surface area contributed by atoms with Gasteiger partial charge in [0.05, 0.1) is 18.8 Å². The van der Waals surface area contributed by atoms with Gasteiger partial charge in [-0.25, -0.2) is 9.97 Å². The molecule has 3 aromatic rings. The van der Waals surface area contributed by atoms with Crippen molar-refractivity contribution in [3.63, 3.8) is 0 Å². The fourth-order valence-corrected chi connectivity index (χ4v) is 3.34. The first-order valence-corrected chi connectivity index (χ1v) is 9.13. The van der Waals surface area contributed by atoms with Gasteiger partial charge < -0.3 is 19.8 Å². The summed E-state index contributed by atoms with van der Waals surface area (Å²) in [6, 6.07) is 9.32. The molecule has 1 saturated heterocycles. The van der Waals surface area contributed by atoms with Crippen molar-refractivity contribution in [3.8, 4) is 5.75 Å². The first-order valence-electron chi connectivity index (χ1n) is 8.76. The van der Waals surface area contributed by atoms with E-state index in [2.05, 4.69) is 20.6 Å². The number of halogens is 1. The van der Waals surface area contributed by atoms with Crippen molar-refractivity contribution in [1.29, 1.82) is 0 Å². The predicted octanol–water partition coefficient (Wildman–Crippen LogP) is 3.39. The third-order valence-corrected chi connectivity index (χ3v) is 4.71. The van der Waals surface area contributed by atoms with E-state index in [9.17, 15) is 4.79 Å². The highest BCUT2D eigenvalue weighted by Crippen LogP contribution is 2.30. The lowest BCUT2D eigenvalue weighted by atomic mass is 10.1. The Kier molecular flexibility index (Phi) is 4.85. The van der Waals surface area contributed by atoms with Crippen molar-refractivity contribution in [1.82, 2.24) is 15.3 Å². The van der Waals surface area contributed by atoms with Crippen LogP contribution < -0.4 is 15.4 Å². The first kappa shape index (κ1) is 17.6. The molecule has 2 aromatic heterocycles. The summed E-state index contributed by atoms with van der Waals surface area (Å²) in [5.41, 5.74) is 0.622. The number of anilines is 1. The van der Waals surface area contributed by atoms with Gasteiger partial charge >= 0.3 is 0 Å². The molecule has 4 rings (SSSR count). The maximum absolute atomic E-state index is 11.6. The van der Waals surface area contributed by atoms with E-state index in [1.54, 1.807) is 6.26 Å². The van der Waals surface area contributed by atoms with Gasteiger partial charge in [-0.2, -0.15) is 0 Å². The molecule has 0 unspecified atom stereocenters. The quantitative estimate of drug-likeness (QED) is 0.631. The fourth-order valence-electron chi connectivity index (χ4n) is 3.17. The van der Waals surface area contributed by atoms with Gasteiger partial charge in [-0.05, 0) is 42.3 Å². The van der Waals surface area contributed by atoms with Crippen LogP contribution in [0, 0.1) is 5.92 Å². The Labute approximate surface area is 161 Å². The number of fused-ring (bicyclic) bond motifs is 1. The number of rotatable bonds is 6. The van der Waals surface area contributed by atoms with Crippen LogP contribution in [-0.4, -0.2) is 28.5 Å². The minimum atomic E-state index is -0.00314. The maximum Gasteiger partial charge on any atom is 0.225 e. The van der Waals surface area contributed by atoms with Crippen molar-refractivity contribution >= 4 is 34.2 Å². The van der Waals surface area contributed by atoms with Crippen LogP contribution in [0.15, 0.2) is 41.0 Å². The molecule has 3 heterocycles. The van der Waals surface area contributed by atoms with Crippen LogP contribution in [0.2, 0.25) is 5.28 Å². The highest BCUT2D eigenvalue weighted by molar-refractivity contribution is 6.29. The number of benzene rings is 1. The Morgan fingerprint density at radius 1 is 1.33 bits per heavy atom. The van der Waals surface area contributed by atoms with E-state index < -0.39 is 0 Å². The summed E-state index contributed by atoms with van der Waals surface area (Å²) in [7, 11) is 0. The van der Waals surface area contributed by atoms with Gasteiger partial charge in [-0.1, -0.05) is 13.0 Å². The van der Waals surface area contributed by atoms with E-state index in [1.807, 2.05) is 37.3 Å². The lowest BCUT2D eigenvalue weighted by molar-refractivity contribution is -0.122. The number of para-hydroxylation sites is 1. The molecule has 1 aliphatic heterocycles. The van der Waals surface area contributed by atoms with E-state index in [1.165, 1.54) is 0 Å². The van der Waals surface area contributed by atoms with Crippen LogP contribution in [-0.2, 0) is 11.3 Å². The topological polar surface area (TPSA) is 89.3 Å². The lowest BCUT2D eigenvalue weighted by Crippen LogP contribution is -2.31. The van der Waals surface area contributed by atoms with Crippen molar-refractivity contribution in [2.24, 2.45) is 5.92 Å². The van der Waals surface area contributed by atoms with Gasteiger partial charge in [0.2, 0.25) is 11.2 Å². The number of nitrogens with zero attached hydrogens (tertiary/aromatic N) is 2. The lowest BCUT2D eigenvalue weighted by Gasteiger charge is -2.14. The van der Waals surface area contributed by atoms with Gasteiger partial charge in [-0.3, -0.25) is 4.79 Å². The number of nitrogens with one attached hydrogen (secondary N) is 2. The maximum atomic E-state index is 11.6. The SMILES string of the molecule is C[C@H]1C[C@H](COc2cccc3c(NCc4ccco4)nc(Cl)nc23)NC1=O. The van der Waals surface area contributed by atoms with Gasteiger partial charge in [0, 0.05) is 11.3 Å². The highest BCUT2D eigenvalue weighted by Gasteiger charge is 2.28. The average molecular weight is 387 g/mol. The molecule has 0 radical (unpaired) electrons. The summed E-state index contributed by atoms with van der Waals surface area (Å²) in [5.74, 6) is 2.08. The van der Waals surface area contributed by atoms with Gasteiger partial charge in [0.25, 0.3) is 0 Å². The Hall–Kier alpha value is -2.80. The zero-order valence-corrected chi connectivity index (χ0v) is 15.5. The molecule has 0 bridgehead atoms. The van der Waals surface area contributed by atoms with Crippen molar-refractivity contribution in [2.45, 2.75) is 25.9 Å². The molecule has 1 aromatic carbocycles. The van der Waals surface area contributed by atoms with E-state index in [0.717, 1.165) is 17.6 Å². The molecular weight excluding hydrogens is 368 g/mol. The largest absolute Gasteiger partial charge is 0.489 e. The van der Waals surface area contributed by atoms with Gasteiger partial charge in [0.1, 0.15) is 29.5 Å². The minimum absolute atomic E-state index is 0.00314. The van der Waals surface area contributed by atoms with Crippen LogP contribution in [0.25, 0.3) is 10.9 Å². The number of hydrogen-bond acceptors (Lipinski definition) is 6. The van der Waals surface area contributed by atoms with Gasteiger partial charge in [0.15, 0.2) is 0 Å². The second-order valence-corrected chi connectivity index (χ2v) is 6.92. The van der Waals surface area contributed by atoms with Crippen molar-refractivity contribution in [2.75, 3.05) is 11.9 Å². The fraction of sp³-hybridized carbons (Fsp3) is 0.316. The third-order valence-electron chi connectivity index (χ3n) is 4.54. The van der Waals surface area contributed by atoms with Crippen LogP contribution in [0.4, 0.5) is 5.82 Å². The van der Waals surface area contributed by atoms with Crippen LogP contribution >= 0.6 is 11.6 Å². The first-order chi connectivity index (χ1) is 13.1. The molecule has 0 saturated carbocycles. The summed E-state index contributed by atoms with van der Waals surface area (Å²) in [6.07, 6.45) is 2.38. The van der Waals surface area contributed by atoms with Crippen molar-refractivity contribution in [3.05, 3.63) is 47.6 Å². The Bertz CT molecular complexity index is 961. The number of hydrogen-bond donors (Lipinski definition) is 2. The summed E-state index contributed by atoms with van der Waals surface area (Å²) < 4.78 is 11.3. The molecule has 27 heavy (non-hydrogen) atoms.